The van der Waals surface area contributed by atoms with Gasteiger partial charge >= 0.3 is 0 Å². The number of rotatable bonds is 4. The molecule has 4 nitrogen and oxygen atoms in total. The van der Waals surface area contributed by atoms with E-state index in [1.807, 2.05) is 6.07 Å². The van der Waals surface area contributed by atoms with E-state index >= 15 is 0 Å². The number of anilines is 1. The third-order valence-corrected chi connectivity index (χ3v) is 2.57. The topological polar surface area (TPSA) is 55.4 Å². The van der Waals surface area contributed by atoms with E-state index in [-0.39, 0.29) is 0 Å². The average Bonchev–Trinajstić information content (AvgIpc) is 2.47. The number of para-hydroxylation sites is 1. The molecule has 0 atom stereocenters. The van der Waals surface area contributed by atoms with Crippen LogP contribution in [0.3, 0.4) is 0 Å². The SMILES string of the molecule is COc1cccc(C(=O)C(=O)Nc2ccccc2)c1. The Morgan fingerprint density at radius 2 is 1.74 bits per heavy atom. The molecule has 2 aromatic rings. The molecule has 0 spiro atoms. The minimum atomic E-state index is -0.667. The van der Waals surface area contributed by atoms with Crippen molar-refractivity contribution in [1.82, 2.24) is 0 Å². The van der Waals surface area contributed by atoms with Gasteiger partial charge in [-0.25, -0.2) is 0 Å². The second-order valence-corrected chi connectivity index (χ2v) is 3.88. The molecule has 0 saturated carbocycles. The molecule has 1 amide bonds. The minimum absolute atomic E-state index is 0.299. The van der Waals surface area contributed by atoms with E-state index in [9.17, 15) is 9.59 Å². The van der Waals surface area contributed by atoms with E-state index in [0.29, 0.717) is 17.0 Å². The number of hydrogen-bond acceptors (Lipinski definition) is 3. The van der Waals surface area contributed by atoms with Gasteiger partial charge in [0.2, 0.25) is 0 Å². The lowest BCUT2D eigenvalue weighted by Gasteiger charge is -2.05. The van der Waals surface area contributed by atoms with Crippen LogP contribution in [-0.4, -0.2) is 18.8 Å². The van der Waals surface area contributed by atoms with Crippen molar-refractivity contribution in [3.8, 4) is 5.75 Å². The van der Waals surface area contributed by atoms with Gasteiger partial charge in [-0.15, -0.1) is 0 Å². The second-order valence-electron chi connectivity index (χ2n) is 3.88. The van der Waals surface area contributed by atoms with Gasteiger partial charge in [-0.3, -0.25) is 9.59 Å². The number of amides is 1. The van der Waals surface area contributed by atoms with Crippen molar-refractivity contribution in [3.05, 3.63) is 60.2 Å². The summed E-state index contributed by atoms with van der Waals surface area (Å²) in [4.78, 5) is 23.8. The fourth-order valence-electron chi connectivity index (χ4n) is 1.60. The molecule has 0 aliphatic carbocycles. The summed E-state index contributed by atoms with van der Waals surface area (Å²) in [6, 6.07) is 15.3. The number of ketones is 1. The molecule has 0 aliphatic heterocycles. The smallest absolute Gasteiger partial charge is 0.296 e. The molecule has 0 bridgehead atoms. The van der Waals surface area contributed by atoms with Crippen molar-refractivity contribution >= 4 is 17.4 Å². The van der Waals surface area contributed by atoms with E-state index in [1.165, 1.54) is 13.2 Å². The molecule has 0 saturated heterocycles. The third kappa shape index (κ3) is 3.19. The molecule has 0 radical (unpaired) electrons. The molecule has 0 aliphatic rings. The first-order valence-electron chi connectivity index (χ1n) is 5.75. The standard InChI is InChI=1S/C15H13NO3/c1-19-13-9-5-6-11(10-13)14(17)15(18)16-12-7-3-2-4-8-12/h2-10H,1H3,(H,16,18). The molecule has 0 unspecified atom stereocenters. The highest BCUT2D eigenvalue weighted by atomic mass is 16.5. The maximum atomic E-state index is 11.9. The van der Waals surface area contributed by atoms with Crippen molar-refractivity contribution < 1.29 is 14.3 Å². The Kier molecular flexibility index (Phi) is 3.93. The Labute approximate surface area is 111 Å². The number of benzene rings is 2. The molecule has 1 N–H and O–H groups in total. The van der Waals surface area contributed by atoms with Gasteiger partial charge in [0.25, 0.3) is 11.7 Å². The first-order valence-corrected chi connectivity index (χ1v) is 5.75. The molecule has 2 rings (SSSR count). The van der Waals surface area contributed by atoms with E-state index in [2.05, 4.69) is 5.32 Å². The Balaban J connectivity index is 2.13. The highest BCUT2D eigenvalue weighted by molar-refractivity contribution is 6.46. The van der Waals surface area contributed by atoms with Gasteiger partial charge in [-0.2, -0.15) is 0 Å². The minimum Gasteiger partial charge on any atom is -0.497 e. The number of hydrogen-bond donors (Lipinski definition) is 1. The van der Waals surface area contributed by atoms with E-state index < -0.39 is 11.7 Å². The number of methoxy groups -OCH3 is 1. The van der Waals surface area contributed by atoms with Crippen LogP contribution < -0.4 is 10.1 Å². The van der Waals surface area contributed by atoms with Gasteiger partial charge in [-0.05, 0) is 24.3 Å². The van der Waals surface area contributed by atoms with Crippen LogP contribution in [0.1, 0.15) is 10.4 Å². The number of ether oxygens (including phenoxy) is 1. The molecule has 96 valence electrons. The fourth-order valence-corrected chi connectivity index (χ4v) is 1.60. The quantitative estimate of drug-likeness (QED) is 0.674. The largest absolute Gasteiger partial charge is 0.497 e. The zero-order valence-electron chi connectivity index (χ0n) is 10.4. The predicted molar refractivity (Wildman–Crippen MR) is 72.4 cm³/mol. The summed E-state index contributed by atoms with van der Waals surface area (Å²) in [5.74, 6) is -0.722. The summed E-state index contributed by atoms with van der Waals surface area (Å²) >= 11 is 0. The summed E-state index contributed by atoms with van der Waals surface area (Å²) in [6.45, 7) is 0. The zero-order chi connectivity index (χ0) is 13.7. The third-order valence-electron chi connectivity index (χ3n) is 2.57. The van der Waals surface area contributed by atoms with E-state index in [4.69, 9.17) is 4.74 Å². The summed E-state index contributed by atoms with van der Waals surface area (Å²) in [6.07, 6.45) is 0. The summed E-state index contributed by atoms with van der Waals surface area (Å²) in [5, 5.41) is 2.55. The van der Waals surface area contributed by atoms with Crippen LogP contribution in [0.15, 0.2) is 54.6 Å². The van der Waals surface area contributed by atoms with Crippen molar-refractivity contribution in [1.29, 1.82) is 0 Å². The van der Waals surface area contributed by atoms with Gasteiger partial charge in [0.05, 0.1) is 7.11 Å². The molecule has 19 heavy (non-hydrogen) atoms. The van der Waals surface area contributed by atoms with Crippen LogP contribution in [0.25, 0.3) is 0 Å². The summed E-state index contributed by atoms with van der Waals surface area (Å²) in [7, 11) is 1.51. The second kappa shape index (κ2) is 5.82. The van der Waals surface area contributed by atoms with Crippen molar-refractivity contribution in [2.75, 3.05) is 12.4 Å². The van der Waals surface area contributed by atoms with Crippen LogP contribution in [0.5, 0.6) is 5.75 Å². The van der Waals surface area contributed by atoms with Crippen LogP contribution in [0.4, 0.5) is 5.69 Å². The van der Waals surface area contributed by atoms with Crippen molar-refractivity contribution in [2.24, 2.45) is 0 Å². The van der Waals surface area contributed by atoms with Crippen LogP contribution in [-0.2, 0) is 4.79 Å². The number of carbonyl (C=O) groups is 2. The van der Waals surface area contributed by atoms with E-state index in [1.54, 1.807) is 42.5 Å². The molecule has 2 aromatic carbocycles. The van der Waals surface area contributed by atoms with Crippen molar-refractivity contribution in [2.45, 2.75) is 0 Å². The lowest BCUT2D eigenvalue weighted by atomic mass is 10.1. The zero-order valence-corrected chi connectivity index (χ0v) is 10.4. The molecular weight excluding hydrogens is 242 g/mol. The highest BCUT2D eigenvalue weighted by Crippen LogP contribution is 2.14. The van der Waals surface area contributed by atoms with Crippen molar-refractivity contribution in [3.63, 3.8) is 0 Å². The van der Waals surface area contributed by atoms with Crippen LogP contribution in [0, 0.1) is 0 Å². The van der Waals surface area contributed by atoms with Gasteiger partial charge < -0.3 is 10.1 Å². The normalized spacial score (nSPS) is 9.74. The first kappa shape index (κ1) is 12.8. The lowest BCUT2D eigenvalue weighted by molar-refractivity contribution is -0.112. The summed E-state index contributed by atoms with van der Waals surface area (Å²) in [5.41, 5.74) is 0.886. The van der Waals surface area contributed by atoms with Gasteiger partial charge in [-0.1, -0.05) is 30.3 Å². The predicted octanol–water partition coefficient (Wildman–Crippen LogP) is 2.52. The van der Waals surface area contributed by atoms with Gasteiger partial charge in [0.1, 0.15) is 5.75 Å². The lowest BCUT2D eigenvalue weighted by Crippen LogP contribution is -2.22. The fraction of sp³-hybridized carbons (Fsp3) is 0.0667. The maximum Gasteiger partial charge on any atom is 0.296 e. The molecule has 4 heteroatoms. The molecule has 0 fully saturated rings. The highest BCUT2D eigenvalue weighted by Gasteiger charge is 2.16. The maximum absolute atomic E-state index is 11.9. The Bertz CT molecular complexity index is 593. The van der Waals surface area contributed by atoms with Crippen LogP contribution in [0.2, 0.25) is 0 Å². The Morgan fingerprint density at radius 1 is 1.00 bits per heavy atom. The number of nitrogens with one attached hydrogen (secondary N) is 1. The van der Waals surface area contributed by atoms with Gasteiger partial charge in [0.15, 0.2) is 0 Å². The Hall–Kier alpha value is -2.62. The molecule has 0 aromatic heterocycles. The number of carbonyl (C=O) groups excluding carboxylic acids is 2. The monoisotopic (exact) mass is 255 g/mol. The van der Waals surface area contributed by atoms with E-state index in [0.717, 1.165) is 0 Å². The first-order chi connectivity index (χ1) is 9.20. The van der Waals surface area contributed by atoms with Gasteiger partial charge in [0, 0.05) is 11.3 Å². The molecular formula is C15H13NO3. The Morgan fingerprint density at radius 3 is 2.42 bits per heavy atom. The van der Waals surface area contributed by atoms with Crippen LogP contribution >= 0.6 is 0 Å². The summed E-state index contributed by atoms with van der Waals surface area (Å²) < 4.78 is 5.02. The average molecular weight is 255 g/mol. The number of Topliss-reactive ketones (excluding diaryl/α,β-unsaturated/α-hetero) is 1. The molecule has 0 heterocycles.